The summed E-state index contributed by atoms with van der Waals surface area (Å²) in [7, 11) is 4.78. The number of methoxy groups -OCH3 is 3. The predicted molar refractivity (Wildman–Crippen MR) is 135 cm³/mol. The molecule has 0 spiro atoms. The van der Waals surface area contributed by atoms with Crippen molar-refractivity contribution >= 4 is 17.2 Å². The van der Waals surface area contributed by atoms with Gasteiger partial charge in [-0.2, -0.15) is 0 Å². The number of para-hydroxylation sites is 2. The quantitative estimate of drug-likeness (QED) is 0.458. The van der Waals surface area contributed by atoms with Gasteiger partial charge in [-0.25, -0.2) is 0 Å². The zero-order chi connectivity index (χ0) is 24.5. The minimum atomic E-state index is -0.406. The lowest BCUT2D eigenvalue weighted by molar-refractivity contribution is -0.116. The molecular formula is C28H28N2O5. The molecule has 2 unspecified atom stereocenters. The Kier molecular flexibility index (Phi) is 5.99. The monoisotopic (exact) mass is 472 g/mol. The number of aromatic hydroxyl groups is 1. The van der Waals surface area contributed by atoms with Gasteiger partial charge in [-0.05, 0) is 54.4 Å². The third-order valence-corrected chi connectivity index (χ3v) is 6.72. The summed E-state index contributed by atoms with van der Waals surface area (Å²) >= 11 is 0. The number of nitrogens with one attached hydrogen (secondary N) is 2. The van der Waals surface area contributed by atoms with Gasteiger partial charge in [-0.15, -0.1) is 0 Å². The van der Waals surface area contributed by atoms with Crippen molar-refractivity contribution in [2.75, 3.05) is 32.0 Å². The highest BCUT2D eigenvalue weighted by atomic mass is 16.5. The van der Waals surface area contributed by atoms with Crippen LogP contribution in [0.3, 0.4) is 0 Å². The molecule has 7 nitrogen and oxygen atoms in total. The van der Waals surface area contributed by atoms with Crippen molar-refractivity contribution in [2.24, 2.45) is 0 Å². The molecule has 5 rings (SSSR count). The summed E-state index contributed by atoms with van der Waals surface area (Å²) in [5, 5.41) is 17.2. The van der Waals surface area contributed by atoms with Gasteiger partial charge >= 0.3 is 0 Å². The van der Waals surface area contributed by atoms with E-state index in [0.717, 1.165) is 39.7 Å². The first-order valence-corrected chi connectivity index (χ1v) is 11.5. The van der Waals surface area contributed by atoms with Crippen molar-refractivity contribution in [1.29, 1.82) is 0 Å². The lowest BCUT2D eigenvalue weighted by Gasteiger charge is -2.30. The highest BCUT2D eigenvalue weighted by molar-refractivity contribution is 6.01. The van der Waals surface area contributed by atoms with E-state index in [1.807, 2.05) is 48.5 Å². The number of phenolic OH excluding ortho intramolecular Hbond substituents is 1. The summed E-state index contributed by atoms with van der Waals surface area (Å²) in [5.74, 6) is 1.85. The van der Waals surface area contributed by atoms with Crippen LogP contribution >= 0.6 is 0 Å². The van der Waals surface area contributed by atoms with Crippen LogP contribution in [-0.2, 0) is 4.79 Å². The lowest BCUT2D eigenvalue weighted by atomic mass is 9.78. The highest BCUT2D eigenvalue weighted by Crippen LogP contribution is 2.46. The van der Waals surface area contributed by atoms with E-state index in [1.54, 1.807) is 26.4 Å². The van der Waals surface area contributed by atoms with Crippen molar-refractivity contribution < 1.29 is 24.1 Å². The summed E-state index contributed by atoms with van der Waals surface area (Å²) in [6.07, 6.45) is 0.972. The number of rotatable bonds is 5. The number of carbonyl (C=O) groups excluding carboxylic acids is 1. The van der Waals surface area contributed by atoms with Gasteiger partial charge < -0.3 is 30.0 Å². The lowest BCUT2D eigenvalue weighted by Crippen LogP contribution is -2.27. The minimum Gasteiger partial charge on any atom is -0.504 e. The molecule has 2 atom stereocenters. The smallest absolute Gasteiger partial charge is 0.163 e. The second-order valence-corrected chi connectivity index (χ2v) is 8.71. The van der Waals surface area contributed by atoms with E-state index in [2.05, 4.69) is 10.6 Å². The minimum absolute atomic E-state index is 0.0472. The molecule has 7 heteroatoms. The molecule has 0 saturated carbocycles. The third kappa shape index (κ3) is 4.14. The fraction of sp³-hybridized carbons (Fsp3) is 0.250. The Morgan fingerprint density at radius 1 is 0.857 bits per heavy atom. The SMILES string of the molecule is COc1ccc(OC)c(C2CC(=O)C3=C(C2)Nc2ccccc2NC3c2ccc(O)c(OC)c2)c1. The van der Waals surface area contributed by atoms with Crippen LogP contribution in [0, 0.1) is 0 Å². The van der Waals surface area contributed by atoms with Crippen LogP contribution in [0.1, 0.15) is 35.9 Å². The average Bonchev–Trinajstić information content (AvgIpc) is 3.05. The number of Topliss-reactive ketones (excluding diaryl/α,β-unsaturated/α-hetero) is 1. The number of anilines is 2. The molecular weight excluding hydrogens is 444 g/mol. The van der Waals surface area contributed by atoms with Gasteiger partial charge in [0.15, 0.2) is 17.3 Å². The van der Waals surface area contributed by atoms with Gasteiger partial charge in [0, 0.05) is 29.2 Å². The molecule has 0 fully saturated rings. The number of carbonyl (C=O) groups is 1. The summed E-state index contributed by atoms with van der Waals surface area (Å²) in [4.78, 5) is 13.8. The molecule has 1 aliphatic carbocycles. The number of phenols is 1. The number of ether oxygens (including phenoxy) is 3. The van der Waals surface area contributed by atoms with Crippen molar-refractivity contribution in [1.82, 2.24) is 0 Å². The van der Waals surface area contributed by atoms with Crippen molar-refractivity contribution in [2.45, 2.75) is 24.8 Å². The fourth-order valence-corrected chi connectivity index (χ4v) is 4.99. The fourth-order valence-electron chi connectivity index (χ4n) is 4.99. The molecule has 0 amide bonds. The van der Waals surface area contributed by atoms with E-state index < -0.39 is 6.04 Å². The molecule has 180 valence electrons. The van der Waals surface area contributed by atoms with Gasteiger partial charge in [0.2, 0.25) is 0 Å². The molecule has 3 N–H and O–H groups in total. The van der Waals surface area contributed by atoms with Crippen LogP contribution in [0.5, 0.6) is 23.0 Å². The molecule has 0 saturated heterocycles. The second kappa shape index (κ2) is 9.25. The summed E-state index contributed by atoms with van der Waals surface area (Å²) in [5.41, 5.74) is 5.12. The summed E-state index contributed by atoms with van der Waals surface area (Å²) < 4.78 is 16.4. The van der Waals surface area contributed by atoms with E-state index in [4.69, 9.17) is 14.2 Å². The number of allylic oxidation sites excluding steroid dienone is 1. The Labute approximate surface area is 204 Å². The maximum absolute atomic E-state index is 13.8. The number of benzene rings is 3. The molecule has 3 aromatic rings. The van der Waals surface area contributed by atoms with Crippen LogP contribution in [0.4, 0.5) is 11.4 Å². The van der Waals surface area contributed by atoms with E-state index in [-0.39, 0.29) is 17.5 Å². The topological polar surface area (TPSA) is 89.1 Å². The largest absolute Gasteiger partial charge is 0.504 e. The molecule has 35 heavy (non-hydrogen) atoms. The van der Waals surface area contributed by atoms with Crippen LogP contribution in [0.2, 0.25) is 0 Å². The van der Waals surface area contributed by atoms with E-state index in [0.29, 0.717) is 24.2 Å². The standard InChI is InChI=1S/C28H28N2O5/c1-33-18-9-11-25(34-2)19(15-18)17-12-22-27(24(32)13-17)28(16-8-10-23(31)26(14-16)35-3)30-21-7-5-4-6-20(21)29-22/h4-11,14-15,17,28-31H,12-13H2,1-3H3. The van der Waals surface area contributed by atoms with Gasteiger partial charge in [0.1, 0.15) is 11.5 Å². The van der Waals surface area contributed by atoms with Crippen molar-refractivity contribution in [3.8, 4) is 23.0 Å². The van der Waals surface area contributed by atoms with Crippen molar-refractivity contribution in [3.05, 3.63) is 83.1 Å². The van der Waals surface area contributed by atoms with Crippen LogP contribution in [0.25, 0.3) is 0 Å². The normalized spacial score (nSPS) is 19.0. The number of fused-ring (bicyclic) bond motifs is 1. The molecule has 2 aliphatic rings. The Bertz CT molecular complexity index is 1320. The van der Waals surface area contributed by atoms with Gasteiger partial charge in [0.25, 0.3) is 0 Å². The third-order valence-electron chi connectivity index (χ3n) is 6.72. The molecule has 0 radical (unpaired) electrons. The van der Waals surface area contributed by atoms with Crippen LogP contribution in [-0.4, -0.2) is 32.2 Å². The predicted octanol–water partition coefficient (Wildman–Crippen LogP) is 5.40. The van der Waals surface area contributed by atoms with E-state index in [9.17, 15) is 9.90 Å². The first-order chi connectivity index (χ1) is 17.0. The highest BCUT2D eigenvalue weighted by Gasteiger charge is 2.37. The Balaban J connectivity index is 1.62. The first kappa shape index (κ1) is 22.7. The summed E-state index contributed by atoms with van der Waals surface area (Å²) in [6.45, 7) is 0. The summed E-state index contributed by atoms with van der Waals surface area (Å²) in [6, 6.07) is 18.4. The molecule has 0 bridgehead atoms. The molecule has 0 aromatic heterocycles. The van der Waals surface area contributed by atoms with E-state index >= 15 is 0 Å². The second-order valence-electron chi connectivity index (χ2n) is 8.71. The van der Waals surface area contributed by atoms with Crippen molar-refractivity contribution in [3.63, 3.8) is 0 Å². The number of hydrogen-bond donors (Lipinski definition) is 3. The zero-order valence-corrected chi connectivity index (χ0v) is 19.9. The Morgan fingerprint density at radius 3 is 2.37 bits per heavy atom. The Hall–Kier alpha value is -4.13. The van der Waals surface area contributed by atoms with Crippen LogP contribution in [0.15, 0.2) is 71.9 Å². The average molecular weight is 473 g/mol. The molecule has 3 aromatic carbocycles. The van der Waals surface area contributed by atoms with Gasteiger partial charge in [-0.3, -0.25) is 4.79 Å². The molecule has 1 heterocycles. The Morgan fingerprint density at radius 2 is 1.63 bits per heavy atom. The first-order valence-electron chi connectivity index (χ1n) is 11.5. The molecule has 1 aliphatic heterocycles. The zero-order valence-electron chi connectivity index (χ0n) is 19.9. The number of ketones is 1. The van der Waals surface area contributed by atoms with Gasteiger partial charge in [0.05, 0.1) is 38.7 Å². The van der Waals surface area contributed by atoms with Crippen LogP contribution < -0.4 is 24.8 Å². The maximum atomic E-state index is 13.8. The number of hydrogen-bond acceptors (Lipinski definition) is 7. The van der Waals surface area contributed by atoms with E-state index in [1.165, 1.54) is 7.11 Å². The maximum Gasteiger partial charge on any atom is 0.163 e. The van der Waals surface area contributed by atoms with Gasteiger partial charge in [-0.1, -0.05) is 18.2 Å².